The van der Waals surface area contributed by atoms with Gasteiger partial charge in [-0.25, -0.2) is 4.79 Å². The maximum atomic E-state index is 12.3. The van der Waals surface area contributed by atoms with Crippen LogP contribution >= 0.6 is 0 Å². The van der Waals surface area contributed by atoms with Crippen molar-refractivity contribution in [2.45, 2.75) is 43.9 Å². The fourth-order valence-electron chi connectivity index (χ4n) is 5.70. The number of para-hydroxylation sites is 1. The lowest BCUT2D eigenvalue weighted by Gasteiger charge is -2.52. The van der Waals surface area contributed by atoms with E-state index in [4.69, 9.17) is 9.47 Å². The van der Waals surface area contributed by atoms with Crippen LogP contribution in [0, 0.1) is 11.8 Å². The first-order chi connectivity index (χ1) is 12.7. The molecule has 2 fully saturated rings. The van der Waals surface area contributed by atoms with E-state index in [1.165, 1.54) is 24.8 Å². The lowest BCUT2D eigenvalue weighted by Crippen LogP contribution is -2.60. The molecular formula is C21H26N2O3. The number of nitrogens with one attached hydrogen (secondary N) is 1. The van der Waals surface area contributed by atoms with Crippen LogP contribution in [0.25, 0.3) is 0 Å². The van der Waals surface area contributed by atoms with E-state index in [9.17, 15) is 4.79 Å². The molecule has 0 bridgehead atoms. The van der Waals surface area contributed by atoms with E-state index in [0.29, 0.717) is 29.5 Å². The molecule has 5 nitrogen and oxygen atoms in total. The summed E-state index contributed by atoms with van der Waals surface area (Å²) in [5, 5.41) is 3.79. The van der Waals surface area contributed by atoms with E-state index in [1.807, 2.05) is 0 Å². The van der Waals surface area contributed by atoms with E-state index < -0.39 is 0 Å². The van der Waals surface area contributed by atoms with Crippen molar-refractivity contribution in [3.8, 4) is 0 Å². The number of carbonyl (C=O) groups is 1. The van der Waals surface area contributed by atoms with Crippen molar-refractivity contribution in [2.24, 2.45) is 11.8 Å². The average Bonchev–Trinajstić information content (AvgIpc) is 3.06. The molecule has 2 saturated heterocycles. The molecule has 0 aromatic heterocycles. The fourth-order valence-corrected chi connectivity index (χ4v) is 5.70. The van der Waals surface area contributed by atoms with Crippen molar-refractivity contribution >= 4 is 11.7 Å². The van der Waals surface area contributed by atoms with Crippen molar-refractivity contribution in [2.75, 3.05) is 25.5 Å². The van der Waals surface area contributed by atoms with Crippen LogP contribution in [0.4, 0.5) is 5.69 Å². The highest BCUT2D eigenvalue weighted by Gasteiger charge is 2.51. The monoisotopic (exact) mass is 354 g/mol. The standard InChI is InChI=1S/C21H26N2O3/c1-12-16-10-23-8-7-14-13-5-3-4-6-18(13)22-20(14)19(23)9-15(16)17(11-26-12)21(24)25-2/h3-6,11-12,14-16,19-20,22H,7-10H2,1-2H3/t12-,14+,15+,16+,19-,20-/m1/s1. The number of esters is 1. The lowest BCUT2D eigenvalue weighted by atomic mass is 9.69. The van der Waals surface area contributed by atoms with Crippen LogP contribution in [-0.2, 0) is 14.3 Å². The Morgan fingerprint density at radius 3 is 3.00 bits per heavy atom. The quantitative estimate of drug-likeness (QED) is 0.786. The summed E-state index contributed by atoms with van der Waals surface area (Å²) in [5.74, 6) is 0.907. The molecule has 5 rings (SSSR count). The Hall–Kier alpha value is -2.01. The van der Waals surface area contributed by atoms with Gasteiger partial charge in [-0.05, 0) is 37.9 Å². The zero-order valence-corrected chi connectivity index (χ0v) is 15.4. The van der Waals surface area contributed by atoms with E-state index in [-0.39, 0.29) is 18.0 Å². The molecule has 4 heterocycles. The molecule has 1 aromatic carbocycles. The SMILES string of the molecule is COC(=O)C1=CO[C@H](C)[C@@H]2CN3CC[C@H]4c5ccccc5N[C@H]4[C@H]3C[C@H]12. The predicted octanol–water partition coefficient (Wildman–Crippen LogP) is 2.75. The molecule has 0 radical (unpaired) electrons. The second-order valence-corrected chi connectivity index (χ2v) is 8.13. The summed E-state index contributed by atoms with van der Waals surface area (Å²) in [4.78, 5) is 14.9. The van der Waals surface area contributed by atoms with Crippen molar-refractivity contribution in [1.29, 1.82) is 0 Å². The summed E-state index contributed by atoms with van der Waals surface area (Å²) in [7, 11) is 1.46. The molecule has 1 aromatic rings. The Kier molecular flexibility index (Phi) is 3.74. The van der Waals surface area contributed by atoms with E-state index in [2.05, 4.69) is 41.4 Å². The highest BCUT2D eigenvalue weighted by molar-refractivity contribution is 5.89. The van der Waals surface area contributed by atoms with Gasteiger partial charge in [-0.3, -0.25) is 4.90 Å². The van der Waals surface area contributed by atoms with E-state index in [1.54, 1.807) is 6.26 Å². The Morgan fingerprint density at radius 2 is 2.15 bits per heavy atom. The van der Waals surface area contributed by atoms with Crippen LogP contribution in [-0.4, -0.2) is 49.3 Å². The number of ether oxygens (including phenoxy) is 2. The first-order valence-electron chi connectivity index (χ1n) is 9.70. The number of nitrogens with zero attached hydrogens (tertiary/aromatic N) is 1. The van der Waals surface area contributed by atoms with Gasteiger partial charge in [-0.15, -0.1) is 0 Å². The molecule has 4 aliphatic rings. The molecule has 0 aliphatic carbocycles. The first-order valence-corrected chi connectivity index (χ1v) is 9.70. The third-order valence-electron chi connectivity index (χ3n) is 7.02. The molecule has 0 amide bonds. The lowest BCUT2D eigenvalue weighted by molar-refractivity contribution is -0.139. The number of rotatable bonds is 1. The zero-order chi connectivity index (χ0) is 17.8. The number of hydrogen-bond donors (Lipinski definition) is 1. The summed E-state index contributed by atoms with van der Waals surface area (Å²) in [6.07, 6.45) is 3.98. The first kappa shape index (κ1) is 16.2. The summed E-state index contributed by atoms with van der Waals surface area (Å²) < 4.78 is 10.8. The number of piperidine rings is 2. The molecule has 4 aliphatic heterocycles. The van der Waals surface area contributed by atoms with Gasteiger partial charge in [-0.1, -0.05) is 18.2 Å². The number of methoxy groups -OCH3 is 1. The van der Waals surface area contributed by atoms with Gasteiger partial charge in [0.2, 0.25) is 0 Å². The Labute approximate surface area is 154 Å². The minimum absolute atomic E-state index is 0.140. The van der Waals surface area contributed by atoms with E-state index in [0.717, 1.165) is 19.5 Å². The summed E-state index contributed by atoms with van der Waals surface area (Å²) in [6.45, 7) is 4.24. The normalized spacial score (nSPS) is 37.8. The van der Waals surface area contributed by atoms with Crippen LogP contribution in [0.15, 0.2) is 36.1 Å². The number of anilines is 1. The molecule has 6 atom stereocenters. The van der Waals surface area contributed by atoms with Crippen molar-refractivity contribution < 1.29 is 14.3 Å². The van der Waals surface area contributed by atoms with Gasteiger partial charge >= 0.3 is 5.97 Å². The number of benzene rings is 1. The maximum Gasteiger partial charge on any atom is 0.337 e. The molecule has 1 N–H and O–H groups in total. The second-order valence-electron chi connectivity index (χ2n) is 8.13. The van der Waals surface area contributed by atoms with Crippen molar-refractivity contribution in [3.05, 3.63) is 41.7 Å². The predicted molar refractivity (Wildman–Crippen MR) is 98.8 cm³/mol. The molecule has 0 saturated carbocycles. The molecule has 0 unspecified atom stereocenters. The van der Waals surface area contributed by atoms with Gasteiger partial charge in [0.1, 0.15) is 0 Å². The van der Waals surface area contributed by atoms with Crippen LogP contribution in [0.1, 0.15) is 31.2 Å². The highest BCUT2D eigenvalue weighted by atomic mass is 16.5. The summed E-state index contributed by atoms with van der Waals surface area (Å²) >= 11 is 0. The highest BCUT2D eigenvalue weighted by Crippen LogP contribution is 2.48. The fraction of sp³-hybridized carbons (Fsp3) is 0.571. The van der Waals surface area contributed by atoms with Crippen molar-refractivity contribution in [3.63, 3.8) is 0 Å². The Balaban J connectivity index is 1.45. The number of carbonyl (C=O) groups excluding carboxylic acids is 1. The maximum absolute atomic E-state index is 12.3. The third-order valence-corrected chi connectivity index (χ3v) is 7.02. The largest absolute Gasteiger partial charge is 0.497 e. The minimum Gasteiger partial charge on any atom is -0.497 e. The van der Waals surface area contributed by atoms with Gasteiger partial charge in [0.15, 0.2) is 0 Å². The minimum atomic E-state index is -0.240. The third kappa shape index (κ3) is 2.29. The van der Waals surface area contributed by atoms with Gasteiger partial charge < -0.3 is 14.8 Å². The van der Waals surface area contributed by atoms with Crippen molar-refractivity contribution in [1.82, 2.24) is 4.90 Å². The van der Waals surface area contributed by atoms with E-state index >= 15 is 0 Å². The summed E-state index contributed by atoms with van der Waals surface area (Å²) in [6, 6.07) is 9.59. The van der Waals surface area contributed by atoms with Crippen LogP contribution in [0.3, 0.4) is 0 Å². The zero-order valence-electron chi connectivity index (χ0n) is 15.4. The van der Waals surface area contributed by atoms with Crippen LogP contribution in [0.2, 0.25) is 0 Å². The molecule has 138 valence electrons. The molecule has 26 heavy (non-hydrogen) atoms. The number of fused-ring (bicyclic) bond motifs is 6. The van der Waals surface area contributed by atoms with Crippen LogP contribution < -0.4 is 5.32 Å². The van der Waals surface area contributed by atoms with Crippen LogP contribution in [0.5, 0.6) is 0 Å². The molecule has 0 spiro atoms. The Bertz CT molecular complexity index is 761. The summed E-state index contributed by atoms with van der Waals surface area (Å²) in [5.41, 5.74) is 3.46. The van der Waals surface area contributed by atoms with Gasteiger partial charge in [0.25, 0.3) is 0 Å². The molecule has 5 heteroatoms. The second kappa shape index (κ2) is 6.02. The van der Waals surface area contributed by atoms with Gasteiger partial charge in [0, 0.05) is 42.1 Å². The average molecular weight is 354 g/mol. The molecular weight excluding hydrogens is 328 g/mol. The van der Waals surface area contributed by atoms with Gasteiger partial charge in [-0.2, -0.15) is 0 Å². The smallest absolute Gasteiger partial charge is 0.337 e. The number of hydrogen-bond acceptors (Lipinski definition) is 5. The van der Waals surface area contributed by atoms with Gasteiger partial charge in [0.05, 0.1) is 25.0 Å². The topological polar surface area (TPSA) is 50.8 Å². The Morgan fingerprint density at radius 1 is 1.31 bits per heavy atom.